The SMILES string of the molecule is COc1ccc(N2N=C(C)C(C(=O)O)C2c2ccc(F)cc2)cc1. The highest BCUT2D eigenvalue weighted by atomic mass is 19.1. The minimum Gasteiger partial charge on any atom is -0.497 e. The lowest BCUT2D eigenvalue weighted by Crippen LogP contribution is -2.30. The summed E-state index contributed by atoms with van der Waals surface area (Å²) in [7, 11) is 1.58. The molecule has 2 unspecified atom stereocenters. The van der Waals surface area contributed by atoms with Crippen LogP contribution in [0.2, 0.25) is 0 Å². The van der Waals surface area contributed by atoms with Crippen LogP contribution in [0.15, 0.2) is 53.6 Å². The molecule has 0 spiro atoms. The van der Waals surface area contributed by atoms with E-state index in [0.717, 1.165) is 5.69 Å². The van der Waals surface area contributed by atoms with Crippen molar-refractivity contribution in [3.63, 3.8) is 0 Å². The van der Waals surface area contributed by atoms with Gasteiger partial charge in [0.15, 0.2) is 0 Å². The molecular formula is C18H17FN2O3. The smallest absolute Gasteiger partial charge is 0.314 e. The second kappa shape index (κ2) is 6.31. The summed E-state index contributed by atoms with van der Waals surface area (Å²) >= 11 is 0. The minimum atomic E-state index is -0.957. The van der Waals surface area contributed by atoms with E-state index in [9.17, 15) is 14.3 Å². The van der Waals surface area contributed by atoms with E-state index in [1.54, 1.807) is 43.3 Å². The summed E-state index contributed by atoms with van der Waals surface area (Å²) in [4.78, 5) is 11.7. The van der Waals surface area contributed by atoms with Gasteiger partial charge < -0.3 is 9.84 Å². The third-order valence-electron chi connectivity index (χ3n) is 4.11. The van der Waals surface area contributed by atoms with Crippen molar-refractivity contribution in [1.82, 2.24) is 0 Å². The fraction of sp³-hybridized carbons (Fsp3) is 0.222. The predicted molar refractivity (Wildman–Crippen MR) is 88.8 cm³/mol. The first-order chi connectivity index (χ1) is 11.5. The van der Waals surface area contributed by atoms with E-state index in [1.165, 1.54) is 12.1 Å². The van der Waals surface area contributed by atoms with Gasteiger partial charge in [-0.1, -0.05) is 12.1 Å². The lowest BCUT2D eigenvalue weighted by molar-refractivity contribution is -0.139. The van der Waals surface area contributed by atoms with Crippen LogP contribution in [-0.4, -0.2) is 23.9 Å². The van der Waals surface area contributed by atoms with Crippen molar-refractivity contribution < 1.29 is 19.0 Å². The quantitative estimate of drug-likeness (QED) is 0.933. The molecule has 0 saturated heterocycles. The summed E-state index contributed by atoms with van der Waals surface area (Å²) in [5.41, 5.74) is 1.95. The average Bonchev–Trinajstić information content (AvgIpc) is 2.93. The molecule has 2 aromatic carbocycles. The van der Waals surface area contributed by atoms with Crippen molar-refractivity contribution in [3.8, 4) is 5.75 Å². The molecule has 124 valence electrons. The fourth-order valence-electron chi connectivity index (χ4n) is 2.92. The molecule has 1 aliphatic rings. The van der Waals surface area contributed by atoms with Crippen molar-refractivity contribution in [3.05, 3.63) is 59.9 Å². The van der Waals surface area contributed by atoms with Gasteiger partial charge in [0.25, 0.3) is 0 Å². The molecule has 3 rings (SSSR count). The van der Waals surface area contributed by atoms with Crippen LogP contribution in [0, 0.1) is 11.7 Å². The van der Waals surface area contributed by atoms with E-state index in [1.807, 2.05) is 12.1 Å². The number of carbonyl (C=O) groups is 1. The Morgan fingerprint density at radius 1 is 1.17 bits per heavy atom. The van der Waals surface area contributed by atoms with Gasteiger partial charge >= 0.3 is 5.97 Å². The van der Waals surface area contributed by atoms with Gasteiger partial charge in [-0.2, -0.15) is 5.10 Å². The fourth-order valence-corrected chi connectivity index (χ4v) is 2.92. The molecule has 5 nitrogen and oxygen atoms in total. The molecule has 0 amide bonds. The number of rotatable bonds is 4. The number of methoxy groups -OCH3 is 1. The van der Waals surface area contributed by atoms with Crippen LogP contribution in [0.4, 0.5) is 10.1 Å². The van der Waals surface area contributed by atoms with E-state index in [2.05, 4.69) is 5.10 Å². The van der Waals surface area contributed by atoms with Gasteiger partial charge in [-0.15, -0.1) is 0 Å². The van der Waals surface area contributed by atoms with E-state index >= 15 is 0 Å². The maximum absolute atomic E-state index is 13.2. The number of hydrazone groups is 1. The Morgan fingerprint density at radius 3 is 2.33 bits per heavy atom. The molecule has 0 radical (unpaired) electrons. The molecule has 1 aliphatic heterocycles. The number of nitrogens with zero attached hydrogens (tertiary/aromatic N) is 2. The molecule has 0 aromatic heterocycles. The minimum absolute atomic E-state index is 0.364. The lowest BCUT2D eigenvalue weighted by Gasteiger charge is -2.27. The maximum atomic E-state index is 13.2. The molecule has 6 heteroatoms. The topological polar surface area (TPSA) is 62.1 Å². The van der Waals surface area contributed by atoms with Crippen LogP contribution in [-0.2, 0) is 4.79 Å². The molecule has 1 heterocycles. The molecule has 2 atom stereocenters. The third-order valence-corrected chi connectivity index (χ3v) is 4.11. The normalized spacial score (nSPS) is 20.0. The predicted octanol–water partition coefficient (Wildman–Crippen LogP) is 3.47. The number of aliphatic carboxylic acids is 1. The van der Waals surface area contributed by atoms with E-state index < -0.39 is 17.9 Å². The van der Waals surface area contributed by atoms with Crippen molar-refractivity contribution in [2.24, 2.45) is 11.0 Å². The van der Waals surface area contributed by atoms with Crippen LogP contribution in [0.3, 0.4) is 0 Å². The van der Waals surface area contributed by atoms with E-state index in [-0.39, 0.29) is 5.82 Å². The van der Waals surface area contributed by atoms with Crippen molar-refractivity contribution >= 4 is 17.4 Å². The van der Waals surface area contributed by atoms with Crippen LogP contribution in [0.1, 0.15) is 18.5 Å². The molecule has 24 heavy (non-hydrogen) atoms. The molecular weight excluding hydrogens is 311 g/mol. The number of hydrogen-bond acceptors (Lipinski definition) is 4. The van der Waals surface area contributed by atoms with Crippen LogP contribution < -0.4 is 9.75 Å². The van der Waals surface area contributed by atoms with Gasteiger partial charge in [0.05, 0.1) is 24.6 Å². The monoisotopic (exact) mass is 328 g/mol. The molecule has 0 fully saturated rings. The zero-order valence-corrected chi connectivity index (χ0v) is 13.3. The number of benzene rings is 2. The standard InChI is InChI=1S/C18H17FN2O3/c1-11-16(18(22)23)17(12-3-5-13(19)6-4-12)21(20-11)14-7-9-15(24-2)10-8-14/h3-10,16-17H,1-2H3,(H,22,23). The van der Waals surface area contributed by atoms with Gasteiger partial charge in [0.1, 0.15) is 17.5 Å². The second-order valence-electron chi connectivity index (χ2n) is 5.60. The van der Waals surface area contributed by atoms with Gasteiger partial charge in [-0.05, 0) is 48.9 Å². The summed E-state index contributed by atoms with van der Waals surface area (Å²) in [6.45, 7) is 1.69. The average molecular weight is 328 g/mol. The Kier molecular flexibility index (Phi) is 4.20. The Morgan fingerprint density at radius 2 is 1.79 bits per heavy atom. The Bertz CT molecular complexity index is 772. The van der Waals surface area contributed by atoms with Crippen molar-refractivity contribution in [1.29, 1.82) is 0 Å². The number of carboxylic acid groups (broad SMARTS) is 1. The Labute approximate surface area is 139 Å². The zero-order valence-electron chi connectivity index (χ0n) is 13.3. The first-order valence-corrected chi connectivity index (χ1v) is 7.48. The summed E-state index contributed by atoms with van der Waals surface area (Å²) in [5, 5.41) is 15.7. The number of halogens is 1. The van der Waals surface area contributed by atoms with Crippen molar-refractivity contribution in [2.45, 2.75) is 13.0 Å². The number of hydrogen-bond donors (Lipinski definition) is 1. The Hall–Kier alpha value is -2.89. The van der Waals surface area contributed by atoms with Gasteiger partial charge in [0.2, 0.25) is 0 Å². The Balaban J connectivity index is 2.04. The van der Waals surface area contributed by atoms with E-state index in [4.69, 9.17) is 4.74 Å². The van der Waals surface area contributed by atoms with Gasteiger partial charge in [0, 0.05) is 0 Å². The highest BCUT2D eigenvalue weighted by molar-refractivity contribution is 6.03. The summed E-state index contributed by atoms with van der Waals surface area (Å²) in [5.74, 6) is -1.41. The molecule has 0 aliphatic carbocycles. The molecule has 2 aromatic rings. The first kappa shape index (κ1) is 16.0. The third kappa shape index (κ3) is 2.82. The van der Waals surface area contributed by atoms with E-state index in [0.29, 0.717) is 17.0 Å². The number of carboxylic acids is 1. The maximum Gasteiger partial charge on any atom is 0.314 e. The van der Waals surface area contributed by atoms with Gasteiger partial charge in [-0.25, -0.2) is 4.39 Å². The largest absolute Gasteiger partial charge is 0.497 e. The molecule has 0 saturated carbocycles. The second-order valence-corrected chi connectivity index (χ2v) is 5.60. The van der Waals surface area contributed by atoms with Crippen LogP contribution in [0.25, 0.3) is 0 Å². The van der Waals surface area contributed by atoms with Crippen molar-refractivity contribution in [2.75, 3.05) is 12.1 Å². The van der Waals surface area contributed by atoms with Crippen LogP contribution in [0.5, 0.6) is 5.75 Å². The van der Waals surface area contributed by atoms with Crippen LogP contribution >= 0.6 is 0 Å². The summed E-state index contributed by atoms with van der Waals surface area (Å²) < 4.78 is 18.4. The summed E-state index contributed by atoms with van der Waals surface area (Å²) in [6, 6.07) is 12.5. The number of ether oxygens (including phenoxy) is 1. The molecule has 0 bridgehead atoms. The number of anilines is 1. The highest BCUT2D eigenvalue weighted by Crippen LogP contribution is 2.39. The first-order valence-electron chi connectivity index (χ1n) is 7.48. The molecule has 1 N–H and O–H groups in total. The van der Waals surface area contributed by atoms with Gasteiger partial charge in [-0.3, -0.25) is 9.80 Å². The zero-order chi connectivity index (χ0) is 17.3. The lowest BCUT2D eigenvalue weighted by atomic mass is 9.90. The summed E-state index contributed by atoms with van der Waals surface area (Å²) in [6.07, 6.45) is 0. The highest BCUT2D eigenvalue weighted by Gasteiger charge is 2.41.